The summed E-state index contributed by atoms with van der Waals surface area (Å²) in [6.45, 7) is 3.92. The molecule has 3 heterocycles. The van der Waals surface area contributed by atoms with Gasteiger partial charge in [0, 0.05) is 31.1 Å². The van der Waals surface area contributed by atoms with Gasteiger partial charge in [-0.25, -0.2) is 14.1 Å². The maximum atomic E-state index is 14.3. The summed E-state index contributed by atoms with van der Waals surface area (Å²) in [7, 11) is 1.83. The van der Waals surface area contributed by atoms with Gasteiger partial charge in [0.05, 0.1) is 0 Å². The molecular formula is C20H27ClFN5O. The summed E-state index contributed by atoms with van der Waals surface area (Å²) in [5.41, 5.74) is 0.315. The maximum absolute atomic E-state index is 14.3. The Morgan fingerprint density at radius 3 is 2.50 bits per heavy atom. The number of piperidine rings is 1. The number of benzene rings is 1. The van der Waals surface area contributed by atoms with Crippen LogP contribution in [0.15, 0.2) is 24.3 Å². The summed E-state index contributed by atoms with van der Waals surface area (Å²) in [5.74, 6) is 0.154. The number of nitrogens with zero attached hydrogens (tertiary/aromatic N) is 4. The molecule has 0 saturated carbocycles. The highest BCUT2D eigenvalue weighted by molar-refractivity contribution is 5.90. The Bertz CT molecular complexity index is 843. The maximum Gasteiger partial charge on any atom is 0.293 e. The number of rotatable bonds is 4. The minimum atomic E-state index is -0.383. The van der Waals surface area contributed by atoms with E-state index in [1.54, 1.807) is 23.1 Å². The molecule has 2 unspecified atom stereocenters. The fourth-order valence-corrected chi connectivity index (χ4v) is 4.26. The first kappa shape index (κ1) is 20.7. The summed E-state index contributed by atoms with van der Waals surface area (Å²) in [4.78, 5) is 19.3. The molecule has 1 N–H and O–H groups in total. The van der Waals surface area contributed by atoms with Crippen LogP contribution in [0.1, 0.15) is 61.9 Å². The molecular weight excluding hydrogens is 381 g/mol. The molecule has 8 heteroatoms. The van der Waals surface area contributed by atoms with Gasteiger partial charge in [-0.2, -0.15) is 0 Å². The Balaban J connectivity index is 0.00000225. The van der Waals surface area contributed by atoms with Crippen LogP contribution in [0.2, 0.25) is 0 Å². The van der Waals surface area contributed by atoms with Crippen molar-refractivity contribution >= 4 is 18.3 Å². The lowest BCUT2D eigenvalue weighted by Crippen LogP contribution is -2.48. The second kappa shape index (κ2) is 8.17. The van der Waals surface area contributed by atoms with Crippen LogP contribution >= 0.6 is 12.4 Å². The van der Waals surface area contributed by atoms with Crippen LogP contribution in [-0.2, 0) is 0 Å². The quantitative estimate of drug-likeness (QED) is 0.844. The molecule has 2 bridgehead atoms. The Kier molecular flexibility index (Phi) is 6.05. The minimum absolute atomic E-state index is 0. The van der Waals surface area contributed by atoms with Crippen LogP contribution < -0.4 is 5.32 Å². The molecule has 4 rings (SSSR count). The van der Waals surface area contributed by atoms with Gasteiger partial charge >= 0.3 is 0 Å². The second-order valence-corrected chi connectivity index (χ2v) is 7.99. The van der Waals surface area contributed by atoms with Gasteiger partial charge in [0.1, 0.15) is 17.3 Å². The molecule has 0 spiro atoms. The van der Waals surface area contributed by atoms with E-state index in [9.17, 15) is 9.18 Å². The SMILES string of the molecule is CC(C)c1nc(C(=O)N(C)C2CC3CCC(C2)N3)nn1-c1ccccc1F.Cl. The number of para-hydroxylation sites is 1. The standard InChI is InChI=1S/C20H26FN5O.ClH/c1-12(2)19-23-18(24-26(19)17-7-5-4-6-16(17)21)20(27)25(3)15-10-13-8-9-14(11-15)22-13;/h4-7,12-15,22H,8-11H2,1-3H3;1H. The van der Waals surface area contributed by atoms with Gasteiger partial charge in [0.2, 0.25) is 5.82 Å². The number of hydrogen-bond acceptors (Lipinski definition) is 4. The number of carbonyl (C=O) groups excluding carboxylic acids is 1. The third-order valence-electron chi connectivity index (χ3n) is 5.74. The molecule has 2 fully saturated rings. The first-order valence-electron chi connectivity index (χ1n) is 9.69. The van der Waals surface area contributed by atoms with E-state index >= 15 is 0 Å². The zero-order chi connectivity index (χ0) is 19.1. The summed E-state index contributed by atoms with van der Waals surface area (Å²) in [6.07, 6.45) is 4.29. The molecule has 2 aromatic rings. The molecule has 2 saturated heterocycles. The van der Waals surface area contributed by atoms with E-state index in [1.807, 2.05) is 20.9 Å². The molecule has 28 heavy (non-hydrogen) atoms. The molecule has 152 valence electrons. The van der Waals surface area contributed by atoms with Crippen LogP contribution in [0.25, 0.3) is 5.69 Å². The van der Waals surface area contributed by atoms with Gasteiger partial charge in [-0.05, 0) is 37.8 Å². The number of carbonyl (C=O) groups is 1. The topological polar surface area (TPSA) is 63.1 Å². The molecule has 0 aliphatic carbocycles. The Labute approximate surface area is 170 Å². The van der Waals surface area contributed by atoms with Crippen molar-refractivity contribution in [2.24, 2.45) is 0 Å². The number of aromatic nitrogens is 3. The fourth-order valence-electron chi connectivity index (χ4n) is 4.26. The molecule has 1 aromatic carbocycles. The van der Waals surface area contributed by atoms with Crippen molar-refractivity contribution in [3.63, 3.8) is 0 Å². The Morgan fingerprint density at radius 2 is 1.89 bits per heavy atom. The molecule has 2 aliphatic heterocycles. The molecule has 2 atom stereocenters. The number of nitrogens with one attached hydrogen (secondary N) is 1. The highest BCUT2D eigenvalue weighted by Crippen LogP contribution is 2.30. The van der Waals surface area contributed by atoms with E-state index in [0.717, 1.165) is 12.8 Å². The second-order valence-electron chi connectivity index (χ2n) is 7.99. The van der Waals surface area contributed by atoms with E-state index in [4.69, 9.17) is 0 Å². The van der Waals surface area contributed by atoms with Crippen LogP contribution in [0, 0.1) is 5.82 Å². The molecule has 2 aliphatic rings. The Hall–Kier alpha value is -1.99. The van der Waals surface area contributed by atoms with Crippen molar-refractivity contribution < 1.29 is 9.18 Å². The van der Waals surface area contributed by atoms with Crippen molar-refractivity contribution in [1.29, 1.82) is 0 Å². The summed E-state index contributed by atoms with van der Waals surface area (Å²) in [5, 5.41) is 7.99. The third-order valence-corrected chi connectivity index (χ3v) is 5.74. The van der Waals surface area contributed by atoms with Crippen LogP contribution in [0.4, 0.5) is 4.39 Å². The van der Waals surface area contributed by atoms with Crippen molar-refractivity contribution in [3.8, 4) is 5.69 Å². The van der Waals surface area contributed by atoms with E-state index in [2.05, 4.69) is 15.4 Å². The molecule has 0 radical (unpaired) electrons. The summed E-state index contributed by atoms with van der Waals surface area (Å²) >= 11 is 0. The van der Waals surface area contributed by atoms with Crippen LogP contribution in [-0.4, -0.2) is 50.7 Å². The van der Waals surface area contributed by atoms with Crippen molar-refractivity contribution in [2.45, 2.75) is 63.6 Å². The van der Waals surface area contributed by atoms with E-state index in [-0.39, 0.29) is 41.9 Å². The number of fused-ring (bicyclic) bond motifs is 2. The number of hydrogen-bond donors (Lipinski definition) is 1. The largest absolute Gasteiger partial charge is 0.336 e. The van der Waals surface area contributed by atoms with Gasteiger partial charge in [-0.15, -0.1) is 17.5 Å². The van der Waals surface area contributed by atoms with Crippen LogP contribution in [0.3, 0.4) is 0 Å². The smallest absolute Gasteiger partial charge is 0.293 e. The van der Waals surface area contributed by atoms with Gasteiger partial charge in [-0.1, -0.05) is 26.0 Å². The lowest BCUT2D eigenvalue weighted by molar-refractivity contribution is 0.0669. The summed E-state index contributed by atoms with van der Waals surface area (Å²) in [6, 6.07) is 7.62. The van der Waals surface area contributed by atoms with Crippen molar-refractivity contribution in [1.82, 2.24) is 25.0 Å². The first-order valence-corrected chi connectivity index (χ1v) is 9.69. The lowest BCUT2D eigenvalue weighted by atomic mass is 9.98. The van der Waals surface area contributed by atoms with E-state index in [1.165, 1.54) is 23.6 Å². The van der Waals surface area contributed by atoms with Crippen molar-refractivity contribution in [2.75, 3.05) is 7.05 Å². The monoisotopic (exact) mass is 407 g/mol. The van der Waals surface area contributed by atoms with Gasteiger partial charge in [0.25, 0.3) is 5.91 Å². The highest BCUT2D eigenvalue weighted by Gasteiger charge is 2.37. The van der Waals surface area contributed by atoms with Gasteiger partial charge in [-0.3, -0.25) is 4.79 Å². The predicted molar refractivity (Wildman–Crippen MR) is 108 cm³/mol. The third kappa shape index (κ3) is 3.78. The fraction of sp³-hybridized carbons (Fsp3) is 0.550. The first-order chi connectivity index (χ1) is 12.9. The molecule has 1 amide bonds. The number of amides is 1. The van der Waals surface area contributed by atoms with E-state index in [0.29, 0.717) is 23.6 Å². The normalized spacial score (nSPS) is 23.5. The van der Waals surface area contributed by atoms with Gasteiger partial charge < -0.3 is 10.2 Å². The number of halogens is 2. The Morgan fingerprint density at radius 1 is 1.25 bits per heavy atom. The highest BCUT2D eigenvalue weighted by atomic mass is 35.5. The average molecular weight is 408 g/mol. The minimum Gasteiger partial charge on any atom is -0.336 e. The zero-order valence-corrected chi connectivity index (χ0v) is 17.2. The molecule has 6 nitrogen and oxygen atoms in total. The van der Waals surface area contributed by atoms with E-state index < -0.39 is 0 Å². The predicted octanol–water partition coefficient (Wildman–Crippen LogP) is 3.31. The van der Waals surface area contributed by atoms with Crippen molar-refractivity contribution in [3.05, 3.63) is 41.7 Å². The van der Waals surface area contributed by atoms with Crippen LogP contribution in [0.5, 0.6) is 0 Å². The molecule has 1 aromatic heterocycles. The lowest BCUT2D eigenvalue weighted by Gasteiger charge is -2.35. The summed E-state index contributed by atoms with van der Waals surface area (Å²) < 4.78 is 15.7. The van der Waals surface area contributed by atoms with Gasteiger partial charge in [0.15, 0.2) is 0 Å². The zero-order valence-electron chi connectivity index (χ0n) is 16.4. The average Bonchev–Trinajstić information content (AvgIpc) is 3.24.